The molecule has 1 N–H and O–H groups in total. The maximum atomic E-state index is 4.22. The Morgan fingerprint density at radius 3 is 2.64 bits per heavy atom. The van der Waals surface area contributed by atoms with Gasteiger partial charge in [0.1, 0.15) is 0 Å². The number of hydrogen-bond acceptors (Lipinski definition) is 2. The SMILES string of the molecule is CCNC(C)C(C)c1cncc(C)c1. The van der Waals surface area contributed by atoms with Gasteiger partial charge in [0.25, 0.3) is 0 Å². The van der Waals surface area contributed by atoms with Crippen molar-refractivity contribution >= 4 is 0 Å². The van der Waals surface area contributed by atoms with E-state index < -0.39 is 0 Å². The second kappa shape index (κ2) is 5.11. The molecule has 78 valence electrons. The molecule has 0 amide bonds. The lowest BCUT2D eigenvalue weighted by Crippen LogP contribution is -2.30. The number of aryl methyl sites for hydroxylation is 1. The molecule has 0 bridgehead atoms. The first-order valence-corrected chi connectivity index (χ1v) is 5.30. The number of rotatable bonds is 4. The highest BCUT2D eigenvalue weighted by atomic mass is 14.9. The van der Waals surface area contributed by atoms with Crippen LogP contribution in [0.4, 0.5) is 0 Å². The van der Waals surface area contributed by atoms with E-state index in [4.69, 9.17) is 0 Å². The molecule has 2 unspecified atom stereocenters. The average Bonchev–Trinajstić information content (AvgIpc) is 2.17. The molecule has 0 saturated heterocycles. The summed E-state index contributed by atoms with van der Waals surface area (Å²) in [6.07, 6.45) is 3.86. The first-order valence-electron chi connectivity index (χ1n) is 5.30. The van der Waals surface area contributed by atoms with Gasteiger partial charge >= 0.3 is 0 Å². The van der Waals surface area contributed by atoms with Crippen molar-refractivity contribution in [2.45, 2.75) is 39.7 Å². The molecule has 1 rings (SSSR count). The van der Waals surface area contributed by atoms with Crippen molar-refractivity contribution < 1.29 is 0 Å². The molecule has 1 aromatic rings. The Morgan fingerprint density at radius 1 is 1.36 bits per heavy atom. The summed E-state index contributed by atoms with van der Waals surface area (Å²) in [6.45, 7) is 9.70. The first kappa shape index (κ1) is 11.2. The zero-order valence-corrected chi connectivity index (χ0v) is 9.54. The fourth-order valence-electron chi connectivity index (χ4n) is 1.61. The summed E-state index contributed by atoms with van der Waals surface area (Å²) >= 11 is 0. The standard InChI is InChI=1S/C12H20N2/c1-5-14-11(4)10(3)12-6-9(2)7-13-8-12/h6-8,10-11,14H,5H2,1-4H3. The number of likely N-dealkylation sites (N-methyl/N-ethyl adjacent to an activating group) is 1. The summed E-state index contributed by atoms with van der Waals surface area (Å²) < 4.78 is 0. The van der Waals surface area contributed by atoms with E-state index in [1.807, 2.05) is 12.4 Å². The van der Waals surface area contributed by atoms with Crippen LogP contribution in [0, 0.1) is 6.92 Å². The second-order valence-corrected chi connectivity index (χ2v) is 3.93. The van der Waals surface area contributed by atoms with Crippen LogP contribution in [0.25, 0.3) is 0 Å². The van der Waals surface area contributed by atoms with Gasteiger partial charge in [-0.15, -0.1) is 0 Å². The molecule has 0 spiro atoms. The predicted octanol–water partition coefficient (Wildman–Crippen LogP) is 2.49. The molecule has 0 aromatic carbocycles. The third-order valence-corrected chi connectivity index (χ3v) is 2.70. The smallest absolute Gasteiger partial charge is 0.0303 e. The molecule has 1 heterocycles. The van der Waals surface area contributed by atoms with Gasteiger partial charge in [-0.2, -0.15) is 0 Å². The van der Waals surface area contributed by atoms with Gasteiger partial charge < -0.3 is 5.32 Å². The highest BCUT2D eigenvalue weighted by molar-refractivity contribution is 5.21. The van der Waals surface area contributed by atoms with Crippen molar-refractivity contribution in [2.24, 2.45) is 0 Å². The molecular formula is C12H20N2. The quantitative estimate of drug-likeness (QED) is 0.792. The van der Waals surface area contributed by atoms with Crippen molar-refractivity contribution in [1.82, 2.24) is 10.3 Å². The fraction of sp³-hybridized carbons (Fsp3) is 0.583. The van der Waals surface area contributed by atoms with Gasteiger partial charge in [-0.1, -0.05) is 19.9 Å². The third-order valence-electron chi connectivity index (χ3n) is 2.70. The van der Waals surface area contributed by atoms with E-state index in [0.29, 0.717) is 12.0 Å². The van der Waals surface area contributed by atoms with E-state index in [-0.39, 0.29) is 0 Å². The molecule has 14 heavy (non-hydrogen) atoms. The molecular weight excluding hydrogens is 172 g/mol. The minimum absolute atomic E-state index is 0.503. The molecule has 0 aliphatic carbocycles. The Bertz CT molecular complexity index is 283. The second-order valence-electron chi connectivity index (χ2n) is 3.93. The van der Waals surface area contributed by atoms with Gasteiger partial charge in [0, 0.05) is 18.4 Å². The molecule has 0 radical (unpaired) electrons. The van der Waals surface area contributed by atoms with E-state index in [0.717, 1.165) is 6.54 Å². The normalized spacial score (nSPS) is 15.1. The van der Waals surface area contributed by atoms with Crippen molar-refractivity contribution in [3.05, 3.63) is 29.6 Å². The van der Waals surface area contributed by atoms with Crippen LogP contribution in [0.3, 0.4) is 0 Å². The molecule has 0 saturated carbocycles. The third kappa shape index (κ3) is 2.81. The Hall–Kier alpha value is -0.890. The van der Waals surface area contributed by atoms with Crippen LogP contribution in [0.2, 0.25) is 0 Å². The van der Waals surface area contributed by atoms with E-state index in [9.17, 15) is 0 Å². The Kier molecular flexibility index (Phi) is 4.08. The topological polar surface area (TPSA) is 24.9 Å². The lowest BCUT2D eigenvalue weighted by Gasteiger charge is -2.20. The predicted molar refractivity (Wildman–Crippen MR) is 60.5 cm³/mol. The number of aromatic nitrogens is 1. The van der Waals surface area contributed by atoms with Gasteiger partial charge in [0.2, 0.25) is 0 Å². The maximum Gasteiger partial charge on any atom is 0.0303 e. The lowest BCUT2D eigenvalue weighted by atomic mass is 9.95. The number of nitrogens with one attached hydrogen (secondary N) is 1. The summed E-state index contributed by atoms with van der Waals surface area (Å²) in [7, 11) is 0. The summed E-state index contributed by atoms with van der Waals surface area (Å²) in [6, 6.07) is 2.72. The van der Waals surface area contributed by atoms with Crippen LogP contribution in [0.15, 0.2) is 18.5 Å². The maximum absolute atomic E-state index is 4.22. The molecule has 1 aromatic heterocycles. The Balaban J connectivity index is 2.73. The van der Waals surface area contributed by atoms with Gasteiger partial charge in [0.15, 0.2) is 0 Å². The van der Waals surface area contributed by atoms with Crippen LogP contribution in [0.5, 0.6) is 0 Å². The molecule has 2 atom stereocenters. The van der Waals surface area contributed by atoms with Gasteiger partial charge in [-0.05, 0) is 37.4 Å². The van der Waals surface area contributed by atoms with Crippen molar-refractivity contribution in [1.29, 1.82) is 0 Å². The van der Waals surface area contributed by atoms with Crippen LogP contribution in [0.1, 0.15) is 37.8 Å². The van der Waals surface area contributed by atoms with Gasteiger partial charge in [-0.3, -0.25) is 4.98 Å². The van der Waals surface area contributed by atoms with Crippen molar-refractivity contribution in [2.75, 3.05) is 6.54 Å². The fourth-order valence-corrected chi connectivity index (χ4v) is 1.61. The molecule has 2 heteroatoms. The highest BCUT2D eigenvalue weighted by Gasteiger charge is 2.13. The Morgan fingerprint density at radius 2 is 2.07 bits per heavy atom. The van der Waals surface area contributed by atoms with Crippen LogP contribution in [-0.4, -0.2) is 17.6 Å². The van der Waals surface area contributed by atoms with Crippen molar-refractivity contribution in [3.63, 3.8) is 0 Å². The van der Waals surface area contributed by atoms with Crippen molar-refractivity contribution in [3.8, 4) is 0 Å². The lowest BCUT2D eigenvalue weighted by molar-refractivity contribution is 0.494. The summed E-state index contributed by atoms with van der Waals surface area (Å²) in [5.41, 5.74) is 2.55. The van der Waals surface area contributed by atoms with E-state index in [1.54, 1.807) is 0 Å². The van der Waals surface area contributed by atoms with E-state index in [1.165, 1.54) is 11.1 Å². The van der Waals surface area contributed by atoms with E-state index in [2.05, 4.69) is 44.1 Å². The molecule has 2 nitrogen and oxygen atoms in total. The Labute approximate surface area is 86.8 Å². The minimum Gasteiger partial charge on any atom is -0.314 e. The van der Waals surface area contributed by atoms with E-state index >= 15 is 0 Å². The summed E-state index contributed by atoms with van der Waals surface area (Å²) in [5.74, 6) is 0.516. The largest absolute Gasteiger partial charge is 0.314 e. The van der Waals surface area contributed by atoms with Crippen LogP contribution >= 0.6 is 0 Å². The van der Waals surface area contributed by atoms with Crippen LogP contribution in [-0.2, 0) is 0 Å². The molecule has 0 fully saturated rings. The first-order chi connectivity index (χ1) is 6.65. The zero-order chi connectivity index (χ0) is 10.6. The van der Waals surface area contributed by atoms with Gasteiger partial charge in [-0.25, -0.2) is 0 Å². The summed E-state index contributed by atoms with van der Waals surface area (Å²) in [4.78, 5) is 4.22. The highest BCUT2D eigenvalue weighted by Crippen LogP contribution is 2.18. The number of hydrogen-bond donors (Lipinski definition) is 1. The van der Waals surface area contributed by atoms with Crippen LogP contribution < -0.4 is 5.32 Å². The molecule has 0 aliphatic rings. The summed E-state index contributed by atoms with van der Waals surface area (Å²) in [5, 5.41) is 3.44. The average molecular weight is 192 g/mol. The minimum atomic E-state index is 0.503. The monoisotopic (exact) mass is 192 g/mol. The number of nitrogens with zero attached hydrogens (tertiary/aromatic N) is 1. The number of pyridine rings is 1. The zero-order valence-electron chi connectivity index (χ0n) is 9.54. The van der Waals surface area contributed by atoms with Gasteiger partial charge in [0.05, 0.1) is 0 Å². The molecule has 0 aliphatic heterocycles.